The Morgan fingerprint density at radius 2 is 1.91 bits per heavy atom. The highest BCUT2D eigenvalue weighted by Gasteiger charge is 2.10. The Morgan fingerprint density at radius 3 is 2.52 bits per heavy atom. The molecule has 130 valence electrons. The monoisotopic (exact) mass is 359 g/mol. The largest absolute Gasteiger partial charge is 0.355 e. The molecule has 2 N–H and O–H groups in total. The Hall–Kier alpha value is -0.810. The highest BCUT2D eigenvalue weighted by Crippen LogP contribution is 2.21. The third kappa shape index (κ3) is 9.16. The number of carbonyl (C=O) groups excluding carboxylic acids is 1. The fourth-order valence-electron chi connectivity index (χ4n) is 2.08. The molecule has 0 aromatic heterocycles. The van der Waals surface area contributed by atoms with Gasteiger partial charge in [0, 0.05) is 28.7 Å². The zero-order chi connectivity index (χ0) is 17.5. The summed E-state index contributed by atoms with van der Waals surface area (Å²) < 4.78 is 0. The summed E-state index contributed by atoms with van der Waals surface area (Å²) in [5.74, 6) is 0.0216. The molecule has 1 aromatic carbocycles. The van der Waals surface area contributed by atoms with Crippen LogP contribution in [0.3, 0.4) is 0 Å². The van der Waals surface area contributed by atoms with Crippen LogP contribution in [0, 0.1) is 0 Å². The molecule has 0 spiro atoms. The summed E-state index contributed by atoms with van der Waals surface area (Å²) in [6.45, 7) is 8.89. The molecule has 1 rings (SSSR count). The van der Waals surface area contributed by atoms with Crippen LogP contribution in [-0.2, 0) is 11.3 Å². The van der Waals surface area contributed by atoms with Gasteiger partial charge in [0.05, 0.1) is 6.54 Å². The highest BCUT2D eigenvalue weighted by atomic mass is 35.5. The van der Waals surface area contributed by atoms with Crippen molar-refractivity contribution in [2.24, 2.45) is 0 Å². The standard InChI is InChI=1S/C17H27Cl2N3O/c1-17(2,3)21-9-5-8-20-16(23)12-22(4)11-13-6-7-14(18)10-15(13)19/h6-7,10,21H,5,8-9,11-12H2,1-4H3,(H,20,23). The van der Waals surface area contributed by atoms with Gasteiger partial charge in [-0.05, 0) is 58.5 Å². The lowest BCUT2D eigenvalue weighted by Gasteiger charge is -2.20. The van der Waals surface area contributed by atoms with Crippen molar-refractivity contribution in [1.29, 1.82) is 0 Å². The van der Waals surface area contributed by atoms with Gasteiger partial charge in [0.2, 0.25) is 5.91 Å². The van der Waals surface area contributed by atoms with Crippen molar-refractivity contribution in [3.63, 3.8) is 0 Å². The van der Waals surface area contributed by atoms with Crippen LogP contribution in [0.15, 0.2) is 18.2 Å². The van der Waals surface area contributed by atoms with Gasteiger partial charge in [0.15, 0.2) is 0 Å². The number of likely N-dealkylation sites (N-methyl/N-ethyl adjacent to an activating group) is 1. The van der Waals surface area contributed by atoms with E-state index in [2.05, 4.69) is 31.4 Å². The normalized spacial score (nSPS) is 11.8. The molecular formula is C17H27Cl2N3O. The summed E-state index contributed by atoms with van der Waals surface area (Å²) in [5.41, 5.74) is 1.07. The fraction of sp³-hybridized carbons (Fsp3) is 0.588. The SMILES string of the molecule is CN(CC(=O)NCCCNC(C)(C)C)Cc1ccc(Cl)cc1Cl. The number of hydrogen-bond acceptors (Lipinski definition) is 3. The van der Waals surface area contributed by atoms with Crippen LogP contribution < -0.4 is 10.6 Å². The van der Waals surface area contributed by atoms with Crippen molar-refractivity contribution in [3.05, 3.63) is 33.8 Å². The molecule has 0 radical (unpaired) electrons. The molecule has 1 aromatic rings. The van der Waals surface area contributed by atoms with E-state index < -0.39 is 0 Å². The summed E-state index contributed by atoms with van der Waals surface area (Å²) in [6.07, 6.45) is 0.912. The Kier molecular flexibility index (Phi) is 8.34. The van der Waals surface area contributed by atoms with E-state index in [9.17, 15) is 4.79 Å². The molecule has 0 heterocycles. The number of nitrogens with one attached hydrogen (secondary N) is 2. The third-order valence-corrected chi connectivity index (χ3v) is 3.79. The first-order chi connectivity index (χ1) is 10.7. The molecule has 0 aliphatic carbocycles. The molecule has 6 heteroatoms. The minimum Gasteiger partial charge on any atom is -0.355 e. The predicted molar refractivity (Wildman–Crippen MR) is 98.2 cm³/mol. The number of halogens is 2. The van der Waals surface area contributed by atoms with Gasteiger partial charge in [-0.2, -0.15) is 0 Å². The van der Waals surface area contributed by atoms with Crippen molar-refractivity contribution in [2.75, 3.05) is 26.7 Å². The molecular weight excluding hydrogens is 333 g/mol. The topological polar surface area (TPSA) is 44.4 Å². The number of carbonyl (C=O) groups is 1. The van der Waals surface area contributed by atoms with E-state index in [4.69, 9.17) is 23.2 Å². The molecule has 0 unspecified atom stereocenters. The molecule has 0 atom stereocenters. The quantitative estimate of drug-likeness (QED) is 0.699. The minimum absolute atomic E-state index is 0.0216. The number of benzene rings is 1. The van der Waals surface area contributed by atoms with Crippen molar-refractivity contribution in [3.8, 4) is 0 Å². The average molecular weight is 360 g/mol. The molecule has 0 fully saturated rings. The summed E-state index contributed by atoms with van der Waals surface area (Å²) >= 11 is 12.0. The van der Waals surface area contributed by atoms with E-state index in [0.717, 1.165) is 18.5 Å². The van der Waals surface area contributed by atoms with Crippen LogP contribution in [0.25, 0.3) is 0 Å². The van der Waals surface area contributed by atoms with Crippen LogP contribution in [0.2, 0.25) is 10.0 Å². The van der Waals surface area contributed by atoms with Gasteiger partial charge in [0.25, 0.3) is 0 Å². The van der Waals surface area contributed by atoms with E-state index in [1.165, 1.54) is 0 Å². The second-order valence-corrected chi connectivity index (χ2v) is 7.63. The van der Waals surface area contributed by atoms with Crippen LogP contribution in [0.5, 0.6) is 0 Å². The van der Waals surface area contributed by atoms with Gasteiger partial charge in [-0.1, -0.05) is 29.3 Å². The van der Waals surface area contributed by atoms with Gasteiger partial charge in [-0.15, -0.1) is 0 Å². The second-order valence-electron chi connectivity index (χ2n) is 6.79. The van der Waals surface area contributed by atoms with Crippen LogP contribution >= 0.6 is 23.2 Å². The highest BCUT2D eigenvalue weighted by molar-refractivity contribution is 6.35. The lowest BCUT2D eigenvalue weighted by Crippen LogP contribution is -2.39. The molecule has 0 saturated heterocycles. The molecule has 4 nitrogen and oxygen atoms in total. The molecule has 0 aliphatic rings. The number of rotatable bonds is 8. The molecule has 1 amide bonds. The fourth-order valence-corrected chi connectivity index (χ4v) is 2.55. The van der Waals surface area contributed by atoms with Gasteiger partial charge in [-0.3, -0.25) is 9.69 Å². The molecule has 0 bridgehead atoms. The summed E-state index contributed by atoms with van der Waals surface area (Å²) in [4.78, 5) is 13.8. The number of nitrogens with zero attached hydrogens (tertiary/aromatic N) is 1. The van der Waals surface area contributed by atoms with Crippen molar-refractivity contribution in [2.45, 2.75) is 39.3 Å². The lowest BCUT2D eigenvalue weighted by molar-refractivity contribution is -0.122. The molecule has 0 aliphatic heterocycles. The molecule has 23 heavy (non-hydrogen) atoms. The maximum atomic E-state index is 11.9. The smallest absolute Gasteiger partial charge is 0.234 e. The van der Waals surface area contributed by atoms with Crippen molar-refractivity contribution >= 4 is 29.1 Å². The first-order valence-corrected chi connectivity index (χ1v) is 8.57. The first kappa shape index (κ1) is 20.2. The maximum Gasteiger partial charge on any atom is 0.234 e. The minimum atomic E-state index is 0.0216. The van der Waals surface area contributed by atoms with Crippen LogP contribution in [-0.4, -0.2) is 43.0 Å². The van der Waals surface area contributed by atoms with Crippen molar-refractivity contribution in [1.82, 2.24) is 15.5 Å². The summed E-state index contributed by atoms with van der Waals surface area (Å²) in [6, 6.07) is 5.41. The lowest BCUT2D eigenvalue weighted by atomic mass is 10.1. The number of hydrogen-bond donors (Lipinski definition) is 2. The Morgan fingerprint density at radius 1 is 1.22 bits per heavy atom. The van der Waals surface area contributed by atoms with Gasteiger partial charge >= 0.3 is 0 Å². The van der Waals surface area contributed by atoms with E-state index in [0.29, 0.717) is 29.7 Å². The third-order valence-electron chi connectivity index (χ3n) is 3.20. The number of amides is 1. The summed E-state index contributed by atoms with van der Waals surface area (Å²) in [5, 5.41) is 7.56. The predicted octanol–water partition coefficient (Wildman–Crippen LogP) is 3.32. The Bertz CT molecular complexity index is 515. The Balaban J connectivity index is 2.26. The van der Waals surface area contributed by atoms with E-state index in [1.54, 1.807) is 12.1 Å². The van der Waals surface area contributed by atoms with Crippen molar-refractivity contribution < 1.29 is 4.79 Å². The summed E-state index contributed by atoms with van der Waals surface area (Å²) in [7, 11) is 1.89. The second kappa shape index (κ2) is 9.48. The van der Waals surface area contributed by atoms with Gasteiger partial charge < -0.3 is 10.6 Å². The van der Waals surface area contributed by atoms with E-state index >= 15 is 0 Å². The van der Waals surface area contributed by atoms with Crippen LogP contribution in [0.4, 0.5) is 0 Å². The average Bonchev–Trinajstić information content (AvgIpc) is 2.40. The van der Waals surface area contributed by atoms with Crippen LogP contribution in [0.1, 0.15) is 32.8 Å². The molecule has 0 saturated carbocycles. The zero-order valence-electron chi connectivity index (χ0n) is 14.4. The van der Waals surface area contributed by atoms with E-state index in [1.807, 2.05) is 18.0 Å². The van der Waals surface area contributed by atoms with Gasteiger partial charge in [-0.25, -0.2) is 0 Å². The maximum absolute atomic E-state index is 11.9. The van der Waals surface area contributed by atoms with E-state index in [-0.39, 0.29) is 11.4 Å². The Labute approximate surface area is 149 Å². The zero-order valence-corrected chi connectivity index (χ0v) is 15.9. The van der Waals surface area contributed by atoms with Gasteiger partial charge in [0.1, 0.15) is 0 Å². The first-order valence-electron chi connectivity index (χ1n) is 7.81.